The predicted molar refractivity (Wildman–Crippen MR) is 69.7 cm³/mol. The van der Waals surface area contributed by atoms with Crippen molar-refractivity contribution in [1.29, 1.82) is 0 Å². The molecule has 0 amide bonds. The summed E-state index contributed by atoms with van der Waals surface area (Å²) in [4.78, 5) is 0. The minimum Gasteiger partial charge on any atom is -0.369 e. The molecule has 1 N–H and O–H groups in total. The molecule has 0 heterocycles. The monoisotopic (exact) mass is 242 g/mol. The van der Waals surface area contributed by atoms with Gasteiger partial charge in [-0.05, 0) is 6.07 Å². The molecule has 0 saturated heterocycles. The van der Waals surface area contributed by atoms with Crippen LogP contribution in [0.5, 0.6) is 0 Å². The van der Waals surface area contributed by atoms with Crippen LogP contribution in [0.2, 0.25) is 5.02 Å². The summed E-state index contributed by atoms with van der Waals surface area (Å²) in [5.74, 6) is 2.42. The fourth-order valence-electron chi connectivity index (χ4n) is 1.75. The molecule has 1 nitrogen and oxygen atoms in total. The standard InChI is InChI=1S/C15H11ClO/c1-2-15(17,12-8-4-3-5-9-12)13-10-6-7-11-14(13)16/h1,3-11,17H. The molecule has 0 radical (unpaired) electrons. The molecule has 0 fully saturated rings. The van der Waals surface area contributed by atoms with Crippen LogP contribution < -0.4 is 0 Å². The van der Waals surface area contributed by atoms with E-state index >= 15 is 0 Å². The van der Waals surface area contributed by atoms with E-state index in [1.807, 2.05) is 18.2 Å². The molecule has 84 valence electrons. The van der Waals surface area contributed by atoms with Gasteiger partial charge >= 0.3 is 0 Å². The molecule has 0 aliphatic heterocycles. The molecular weight excluding hydrogens is 232 g/mol. The van der Waals surface area contributed by atoms with Crippen molar-refractivity contribution in [2.45, 2.75) is 5.60 Å². The zero-order valence-electron chi connectivity index (χ0n) is 9.10. The smallest absolute Gasteiger partial charge is 0.178 e. The lowest BCUT2D eigenvalue weighted by Crippen LogP contribution is -2.25. The Kier molecular flexibility index (Phi) is 3.19. The number of hydrogen-bond acceptors (Lipinski definition) is 1. The number of aliphatic hydroxyl groups is 1. The van der Waals surface area contributed by atoms with E-state index in [9.17, 15) is 5.11 Å². The summed E-state index contributed by atoms with van der Waals surface area (Å²) < 4.78 is 0. The third-order valence-electron chi connectivity index (χ3n) is 2.66. The van der Waals surface area contributed by atoms with Gasteiger partial charge in [0.2, 0.25) is 0 Å². The van der Waals surface area contributed by atoms with E-state index in [-0.39, 0.29) is 0 Å². The lowest BCUT2D eigenvalue weighted by molar-refractivity contribution is 0.145. The highest BCUT2D eigenvalue weighted by atomic mass is 35.5. The Morgan fingerprint density at radius 2 is 1.59 bits per heavy atom. The average molecular weight is 243 g/mol. The summed E-state index contributed by atoms with van der Waals surface area (Å²) in [5.41, 5.74) is -0.328. The van der Waals surface area contributed by atoms with Gasteiger partial charge < -0.3 is 5.11 Å². The Bertz CT molecular complexity index is 557. The van der Waals surface area contributed by atoms with Crippen LogP contribution in [-0.2, 0) is 5.60 Å². The average Bonchev–Trinajstić information content (AvgIpc) is 2.39. The summed E-state index contributed by atoms with van der Waals surface area (Å²) in [7, 11) is 0. The first-order valence-electron chi connectivity index (χ1n) is 5.19. The largest absolute Gasteiger partial charge is 0.369 e. The van der Waals surface area contributed by atoms with Crippen LogP contribution in [-0.4, -0.2) is 5.11 Å². The number of rotatable bonds is 2. The van der Waals surface area contributed by atoms with Gasteiger partial charge in [-0.15, -0.1) is 6.42 Å². The number of halogens is 1. The Hall–Kier alpha value is -1.75. The molecule has 0 bridgehead atoms. The van der Waals surface area contributed by atoms with E-state index in [0.29, 0.717) is 16.1 Å². The van der Waals surface area contributed by atoms with E-state index < -0.39 is 5.60 Å². The van der Waals surface area contributed by atoms with Crippen molar-refractivity contribution in [3.8, 4) is 12.3 Å². The minimum absolute atomic E-state index is 0.455. The highest BCUT2D eigenvalue weighted by Crippen LogP contribution is 2.33. The predicted octanol–water partition coefficient (Wildman–Crippen LogP) is 3.21. The highest BCUT2D eigenvalue weighted by Gasteiger charge is 2.30. The maximum absolute atomic E-state index is 10.6. The van der Waals surface area contributed by atoms with Gasteiger partial charge in [0.15, 0.2) is 5.60 Å². The van der Waals surface area contributed by atoms with Gasteiger partial charge in [-0.3, -0.25) is 0 Å². The van der Waals surface area contributed by atoms with Crippen LogP contribution in [0.1, 0.15) is 11.1 Å². The SMILES string of the molecule is C#CC(O)(c1ccccc1)c1ccccc1Cl. The molecule has 2 rings (SSSR count). The van der Waals surface area contributed by atoms with E-state index in [1.54, 1.807) is 36.4 Å². The molecule has 2 heteroatoms. The first kappa shape index (κ1) is 11.7. The van der Waals surface area contributed by atoms with Crippen LogP contribution in [0.3, 0.4) is 0 Å². The van der Waals surface area contributed by atoms with E-state index in [4.69, 9.17) is 18.0 Å². The zero-order valence-corrected chi connectivity index (χ0v) is 9.85. The minimum atomic E-state index is -1.49. The Morgan fingerprint density at radius 3 is 2.18 bits per heavy atom. The van der Waals surface area contributed by atoms with Crippen molar-refractivity contribution in [2.24, 2.45) is 0 Å². The Balaban J connectivity index is 2.62. The van der Waals surface area contributed by atoms with E-state index in [2.05, 4.69) is 5.92 Å². The maximum atomic E-state index is 10.6. The molecule has 2 aromatic rings. The van der Waals surface area contributed by atoms with Crippen LogP contribution in [0.4, 0.5) is 0 Å². The Labute approximate surface area is 106 Å². The highest BCUT2D eigenvalue weighted by molar-refractivity contribution is 6.31. The van der Waals surface area contributed by atoms with Gasteiger partial charge in [0, 0.05) is 16.1 Å². The summed E-state index contributed by atoms with van der Waals surface area (Å²) in [5, 5.41) is 11.1. The van der Waals surface area contributed by atoms with E-state index in [0.717, 1.165) is 0 Å². The quantitative estimate of drug-likeness (QED) is 0.802. The third-order valence-corrected chi connectivity index (χ3v) is 2.99. The molecule has 17 heavy (non-hydrogen) atoms. The fraction of sp³-hybridized carbons (Fsp3) is 0.0667. The molecular formula is C15H11ClO. The molecule has 0 spiro atoms. The third kappa shape index (κ3) is 2.06. The van der Waals surface area contributed by atoms with Gasteiger partial charge in [-0.1, -0.05) is 66.1 Å². The zero-order chi connectivity index (χ0) is 12.3. The molecule has 0 aliphatic carbocycles. The summed E-state index contributed by atoms with van der Waals surface area (Å²) >= 11 is 6.08. The summed E-state index contributed by atoms with van der Waals surface area (Å²) in [6.07, 6.45) is 5.48. The van der Waals surface area contributed by atoms with Gasteiger partial charge in [-0.25, -0.2) is 0 Å². The lowest BCUT2D eigenvalue weighted by atomic mass is 9.87. The van der Waals surface area contributed by atoms with Crippen LogP contribution in [0, 0.1) is 12.3 Å². The fourth-order valence-corrected chi connectivity index (χ4v) is 2.02. The molecule has 1 atom stereocenters. The van der Waals surface area contributed by atoms with Gasteiger partial charge in [0.05, 0.1) is 0 Å². The second-order valence-electron chi connectivity index (χ2n) is 3.70. The normalized spacial score (nSPS) is 13.7. The first-order chi connectivity index (χ1) is 8.18. The Morgan fingerprint density at radius 1 is 1.00 bits per heavy atom. The topological polar surface area (TPSA) is 20.2 Å². The number of terminal acetylenes is 1. The first-order valence-corrected chi connectivity index (χ1v) is 5.57. The molecule has 0 aromatic heterocycles. The molecule has 2 aromatic carbocycles. The van der Waals surface area contributed by atoms with Crippen molar-refractivity contribution in [1.82, 2.24) is 0 Å². The number of hydrogen-bond donors (Lipinski definition) is 1. The van der Waals surface area contributed by atoms with E-state index in [1.165, 1.54) is 0 Å². The van der Waals surface area contributed by atoms with Crippen LogP contribution in [0.25, 0.3) is 0 Å². The molecule has 0 aliphatic rings. The van der Waals surface area contributed by atoms with Crippen LogP contribution in [0.15, 0.2) is 54.6 Å². The number of benzene rings is 2. The molecule has 1 unspecified atom stereocenters. The molecule has 0 saturated carbocycles. The second-order valence-corrected chi connectivity index (χ2v) is 4.11. The maximum Gasteiger partial charge on any atom is 0.178 e. The van der Waals surface area contributed by atoms with Crippen LogP contribution >= 0.6 is 11.6 Å². The summed E-state index contributed by atoms with van der Waals surface area (Å²) in [6, 6.07) is 16.1. The lowest BCUT2D eigenvalue weighted by Gasteiger charge is -2.24. The van der Waals surface area contributed by atoms with Crippen molar-refractivity contribution in [3.63, 3.8) is 0 Å². The van der Waals surface area contributed by atoms with Crippen molar-refractivity contribution in [2.75, 3.05) is 0 Å². The van der Waals surface area contributed by atoms with Crippen molar-refractivity contribution in [3.05, 3.63) is 70.7 Å². The summed E-state index contributed by atoms with van der Waals surface area (Å²) in [6.45, 7) is 0. The van der Waals surface area contributed by atoms with Gasteiger partial charge in [-0.2, -0.15) is 0 Å². The van der Waals surface area contributed by atoms with Gasteiger partial charge in [0.1, 0.15) is 0 Å². The second kappa shape index (κ2) is 4.63. The van der Waals surface area contributed by atoms with Gasteiger partial charge in [0.25, 0.3) is 0 Å². The van der Waals surface area contributed by atoms with Crippen molar-refractivity contribution >= 4 is 11.6 Å². The van der Waals surface area contributed by atoms with Crippen molar-refractivity contribution < 1.29 is 5.11 Å².